The molecule has 4 heteroatoms. The Labute approximate surface area is 109 Å². The van der Waals surface area contributed by atoms with Crippen molar-refractivity contribution in [3.8, 4) is 0 Å². The molecule has 4 nitrogen and oxygen atoms in total. The van der Waals surface area contributed by atoms with Crippen LogP contribution in [0.2, 0.25) is 0 Å². The van der Waals surface area contributed by atoms with E-state index in [-0.39, 0.29) is 18.3 Å². The van der Waals surface area contributed by atoms with Crippen LogP contribution in [0.1, 0.15) is 25.1 Å². The van der Waals surface area contributed by atoms with E-state index in [9.17, 15) is 5.11 Å². The van der Waals surface area contributed by atoms with Crippen molar-refractivity contribution in [1.29, 1.82) is 0 Å². The third kappa shape index (κ3) is 3.28. The van der Waals surface area contributed by atoms with E-state index in [0.717, 1.165) is 25.3 Å². The summed E-state index contributed by atoms with van der Waals surface area (Å²) in [5.41, 5.74) is 2.10. The topological polar surface area (TPSA) is 45.6 Å². The molecule has 0 spiro atoms. The molecule has 2 heterocycles. The minimum atomic E-state index is -0.214. The Morgan fingerprint density at radius 2 is 2.33 bits per heavy atom. The zero-order valence-electron chi connectivity index (χ0n) is 11.4. The Hall–Kier alpha value is -0.970. The van der Waals surface area contributed by atoms with Gasteiger partial charge < -0.3 is 9.84 Å². The van der Waals surface area contributed by atoms with Gasteiger partial charge in [-0.2, -0.15) is 0 Å². The number of pyridine rings is 1. The molecule has 18 heavy (non-hydrogen) atoms. The number of rotatable bonds is 3. The Kier molecular flexibility index (Phi) is 4.00. The van der Waals surface area contributed by atoms with Crippen molar-refractivity contribution >= 4 is 0 Å². The van der Waals surface area contributed by atoms with Gasteiger partial charge in [-0.1, -0.05) is 6.07 Å². The fourth-order valence-electron chi connectivity index (χ4n) is 2.53. The molecule has 0 amide bonds. The molecule has 1 aliphatic heterocycles. The van der Waals surface area contributed by atoms with Gasteiger partial charge in [-0.05, 0) is 32.4 Å². The van der Waals surface area contributed by atoms with Gasteiger partial charge in [-0.3, -0.25) is 9.88 Å². The lowest BCUT2D eigenvalue weighted by atomic mass is 10.0. The van der Waals surface area contributed by atoms with Crippen LogP contribution < -0.4 is 0 Å². The van der Waals surface area contributed by atoms with E-state index in [1.54, 1.807) is 0 Å². The van der Waals surface area contributed by atoms with E-state index < -0.39 is 0 Å². The molecule has 100 valence electrons. The molecule has 1 aromatic rings. The summed E-state index contributed by atoms with van der Waals surface area (Å²) < 4.78 is 5.81. The van der Waals surface area contributed by atoms with Gasteiger partial charge in [0.05, 0.1) is 24.0 Å². The summed E-state index contributed by atoms with van der Waals surface area (Å²) in [6.07, 6.45) is 1.73. The highest BCUT2D eigenvalue weighted by Gasteiger charge is 2.33. The molecule has 0 saturated carbocycles. The van der Waals surface area contributed by atoms with E-state index in [2.05, 4.69) is 36.7 Å². The SMILES string of the molecule is Cc1cccnc1CN1CC(CO)OC(C)(C)C1. The predicted molar refractivity (Wildman–Crippen MR) is 70.3 cm³/mol. The van der Waals surface area contributed by atoms with E-state index in [1.165, 1.54) is 5.56 Å². The van der Waals surface area contributed by atoms with Crippen LogP contribution in [0.3, 0.4) is 0 Å². The predicted octanol–water partition coefficient (Wildman–Crippen LogP) is 1.36. The molecule has 0 bridgehead atoms. The normalized spacial score (nSPS) is 24.1. The molecule has 1 fully saturated rings. The van der Waals surface area contributed by atoms with Crippen molar-refractivity contribution in [2.75, 3.05) is 19.7 Å². The standard InChI is InChI=1S/C14H22N2O2/c1-11-5-4-6-15-13(11)8-16-7-12(9-17)18-14(2,3)10-16/h4-6,12,17H,7-10H2,1-3H3. The molecule has 1 aliphatic rings. The molecule has 0 radical (unpaired) electrons. The minimum absolute atomic E-state index is 0.0706. The van der Waals surface area contributed by atoms with Crippen LogP contribution in [0.4, 0.5) is 0 Å². The van der Waals surface area contributed by atoms with Crippen molar-refractivity contribution in [2.45, 2.75) is 39.0 Å². The van der Waals surface area contributed by atoms with Crippen LogP contribution in [-0.2, 0) is 11.3 Å². The highest BCUT2D eigenvalue weighted by Crippen LogP contribution is 2.22. The molecule has 1 aromatic heterocycles. The maximum atomic E-state index is 9.29. The van der Waals surface area contributed by atoms with Gasteiger partial charge in [0.25, 0.3) is 0 Å². The molecule has 1 N–H and O–H groups in total. The minimum Gasteiger partial charge on any atom is -0.394 e. The first-order chi connectivity index (χ1) is 8.50. The number of aromatic nitrogens is 1. The van der Waals surface area contributed by atoms with Crippen LogP contribution >= 0.6 is 0 Å². The Balaban J connectivity index is 2.07. The van der Waals surface area contributed by atoms with Gasteiger partial charge in [0, 0.05) is 25.8 Å². The van der Waals surface area contributed by atoms with Gasteiger partial charge >= 0.3 is 0 Å². The number of aryl methyl sites for hydroxylation is 1. The average Bonchev–Trinajstić information content (AvgIpc) is 2.30. The first kappa shape index (κ1) is 13.5. The van der Waals surface area contributed by atoms with Gasteiger partial charge in [0.2, 0.25) is 0 Å². The van der Waals surface area contributed by atoms with E-state index in [1.807, 2.05) is 12.3 Å². The van der Waals surface area contributed by atoms with Gasteiger partial charge in [-0.15, -0.1) is 0 Å². The van der Waals surface area contributed by atoms with Crippen LogP contribution in [-0.4, -0.2) is 46.4 Å². The third-order valence-electron chi connectivity index (χ3n) is 3.25. The maximum absolute atomic E-state index is 9.29. The Bertz CT molecular complexity index is 407. The van der Waals surface area contributed by atoms with Crippen molar-refractivity contribution in [2.24, 2.45) is 0 Å². The highest BCUT2D eigenvalue weighted by molar-refractivity contribution is 5.17. The molecular weight excluding hydrogens is 228 g/mol. The summed E-state index contributed by atoms with van der Waals surface area (Å²) >= 11 is 0. The molecule has 2 rings (SSSR count). The fourth-order valence-corrected chi connectivity index (χ4v) is 2.53. The number of hydrogen-bond donors (Lipinski definition) is 1. The summed E-state index contributed by atoms with van der Waals surface area (Å²) in [4.78, 5) is 6.73. The maximum Gasteiger partial charge on any atom is 0.0940 e. The molecule has 1 saturated heterocycles. The second-order valence-corrected chi connectivity index (χ2v) is 5.62. The lowest BCUT2D eigenvalue weighted by Crippen LogP contribution is -2.53. The van der Waals surface area contributed by atoms with E-state index >= 15 is 0 Å². The van der Waals surface area contributed by atoms with Gasteiger partial charge in [0.15, 0.2) is 0 Å². The molecular formula is C14H22N2O2. The number of ether oxygens (including phenoxy) is 1. The summed E-state index contributed by atoms with van der Waals surface area (Å²) in [6.45, 7) is 8.71. The van der Waals surface area contributed by atoms with Crippen LogP contribution in [0.5, 0.6) is 0 Å². The fraction of sp³-hybridized carbons (Fsp3) is 0.643. The quantitative estimate of drug-likeness (QED) is 0.880. The van der Waals surface area contributed by atoms with Crippen molar-refractivity contribution < 1.29 is 9.84 Å². The molecule has 1 unspecified atom stereocenters. The van der Waals surface area contributed by atoms with Crippen molar-refractivity contribution in [3.63, 3.8) is 0 Å². The van der Waals surface area contributed by atoms with Crippen molar-refractivity contribution in [3.05, 3.63) is 29.6 Å². The lowest BCUT2D eigenvalue weighted by molar-refractivity contribution is -0.150. The number of aliphatic hydroxyl groups excluding tert-OH is 1. The largest absolute Gasteiger partial charge is 0.394 e. The smallest absolute Gasteiger partial charge is 0.0940 e. The first-order valence-electron chi connectivity index (χ1n) is 6.42. The van der Waals surface area contributed by atoms with Crippen LogP contribution in [0.15, 0.2) is 18.3 Å². The zero-order valence-corrected chi connectivity index (χ0v) is 11.4. The number of morpholine rings is 1. The Morgan fingerprint density at radius 1 is 1.56 bits per heavy atom. The average molecular weight is 250 g/mol. The highest BCUT2D eigenvalue weighted by atomic mass is 16.5. The number of aliphatic hydroxyl groups is 1. The van der Waals surface area contributed by atoms with Gasteiger partial charge in [-0.25, -0.2) is 0 Å². The first-order valence-corrected chi connectivity index (χ1v) is 6.42. The monoisotopic (exact) mass is 250 g/mol. The molecule has 1 atom stereocenters. The lowest BCUT2D eigenvalue weighted by Gasteiger charge is -2.42. The summed E-state index contributed by atoms with van der Waals surface area (Å²) in [6, 6.07) is 4.04. The van der Waals surface area contributed by atoms with Crippen LogP contribution in [0, 0.1) is 6.92 Å². The summed E-state index contributed by atoms with van der Waals surface area (Å²) in [5.74, 6) is 0. The zero-order chi connectivity index (χ0) is 13.2. The number of nitrogens with zero attached hydrogens (tertiary/aromatic N) is 2. The molecule has 0 aromatic carbocycles. The second-order valence-electron chi connectivity index (χ2n) is 5.62. The second kappa shape index (κ2) is 5.34. The van der Waals surface area contributed by atoms with E-state index in [4.69, 9.17) is 4.74 Å². The van der Waals surface area contributed by atoms with Crippen molar-refractivity contribution in [1.82, 2.24) is 9.88 Å². The van der Waals surface area contributed by atoms with E-state index in [0.29, 0.717) is 0 Å². The summed E-state index contributed by atoms with van der Waals surface area (Å²) in [7, 11) is 0. The Morgan fingerprint density at radius 3 is 3.00 bits per heavy atom. The molecule has 0 aliphatic carbocycles. The summed E-state index contributed by atoms with van der Waals surface area (Å²) in [5, 5.41) is 9.29. The number of hydrogen-bond acceptors (Lipinski definition) is 4. The van der Waals surface area contributed by atoms with Gasteiger partial charge in [0.1, 0.15) is 0 Å². The third-order valence-corrected chi connectivity index (χ3v) is 3.25. The van der Waals surface area contributed by atoms with Crippen LogP contribution in [0.25, 0.3) is 0 Å².